The predicted octanol–water partition coefficient (Wildman–Crippen LogP) is 3.52. The molecule has 1 aromatic rings. The van der Waals surface area contributed by atoms with E-state index in [1.807, 2.05) is 0 Å². The molecule has 17 heavy (non-hydrogen) atoms. The molecule has 2 N–H and O–H groups in total. The normalized spacial score (nSPS) is 11.6. The average molecular weight is 268 g/mol. The maximum atomic E-state index is 11.9. The molecule has 1 aromatic carbocycles. The number of para-hydroxylation sites is 1. The van der Waals surface area contributed by atoms with Crippen molar-refractivity contribution in [1.82, 2.24) is 0 Å². The van der Waals surface area contributed by atoms with Crippen LogP contribution >= 0.6 is 11.6 Å². The monoisotopic (exact) mass is 267 g/mol. The molecule has 96 valence electrons. The lowest BCUT2D eigenvalue weighted by molar-refractivity contribution is -0.136. The second kappa shape index (κ2) is 6.12. The first-order valence-corrected chi connectivity index (χ1v) is 5.49. The Morgan fingerprint density at radius 1 is 1.29 bits per heavy atom. The van der Waals surface area contributed by atoms with E-state index < -0.39 is 12.6 Å². The SMILES string of the molecule is NCc1cccc(Cl)c1OCCCC(F)(F)F. The molecule has 1 rings (SSSR count). The van der Waals surface area contributed by atoms with Crippen molar-refractivity contribution in [2.24, 2.45) is 5.73 Å². The zero-order valence-electron chi connectivity index (χ0n) is 9.06. The first-order valence-electron chi connectivity index (χ1n) is 5.11. The lowest BCUT2D eigenvalue weighted by atomic mass is 10.2. The Morgan fingerprint density at radius 3 is 2.59 bits per heavy atom. The van der Waals surface area contributed by atoms with E-state index in [0.29, 0.717) is 16.3 Å². The van der Waals surface area contributed by atoms with E-state index >= 15 is 0 Å². The van der Waals surface area contributed by atoms with Crippen molar-refractivity contribution >= 4 is 11.6 Å². The van der Waals surface area contributed by atoms with Crippen LogP contribution in [0.1, 0.15) is 18.4 Å². The summed E-state index contributed by atoms with van der Waals surface area (Å²) in [6, 6.07) is 5.05. The number of benzene rings is 1. The minimum atomic E-state index is -4.15. The minimum Gasteiger partial charge on any atom is -0.492 e. The van der Waals surface area contributed by atoms with Gasteiger partial charge in [-0.05, 0) is 12.5 Å². The fourth-order valence-electron chi connectivity index (χ4n) is 1.32. The van der Waals surface area contributed by atoms with Gasteiger partial charge in [0.25, 0.3) is 0 Å². The summed E-state index contributed by atoms with van der Waals surface area (Å²) in [6.07, 6.45) is -5.12. The Morgan fingerprint density at radius 2 is 2.00 bits per heavy atom. The summed E-state index contributed by atoms with van der Waals surface area (Å²) in [5, 5.41) is 0.361. The maximum absolute atomic E-state index is 11.9. The van der Waals surface area contributed by atoms with E-state index in [0.717, 1.165) is 0 Å². The Kier molecular flexibility index (Phi) is 5.08. The molecule has 6 heteroatoms. The van der Waals surface area contributed by atoms with Crippen molar-refractivity contribution in [3.63, 3.8) is 0 Å². The Bertz CT molecular complexity index is 368. The van der Waals surface area contributed by atoms with Crippen molar-refractivity contribution in [1.29, 1.82) is 0 Å². The number of hydrogen-bond acceptors (Lipinski definition) is 2. The van der Waals surface area contributed by atoms with Crippen LogP contribution in [0.4, 0.5) is 13.2 Å². The highest BCUT2D eigenvalue weighted by atomic mass is 35.5. The van der Waals surface area contributed by atoms with Gasteiger partial charge in [0.05, 0.1) is 11.6 Å². The number of rotatable bonds is 5. The lowest BCUT2D eigenvalue weighted by Gasteiger charge is -2.12. The van der Waals surface area contributed by atoms with Gasteiger partial charge in [0.1, 0.15) is 5.75 Å². The van der Waals surface area contributed by atoms with Gasteiger partial charge in [0, 0.05) is 18.5 Å². The van der Waals surface area contributed by atoms with E-state index in [-0.39, 0.29) is 19.6 Å². The van der Waals surface area contributed by atoms with Crippen LogP contribution in [-0.4, -0.2) is 12.8 Å². The molecule has 0 fully saturated rings. The van der Waals surface area contributed by atoms with Gasteiger partial charge in [0.15, 0.2) is 0 Å². The predicted molar refractivity (Wildman–Crippen MR) is 60.1 cm³/mol. The third-order valence-corrected chi connectivity index (χ3v) is 2.42. The quantitative estimate of drug-likeness (QED) is 0.829. The average Bonchev–Trinajstić information content (AvgIpc) is 2.24. The maximum Gasteiger partial charge on any atom is 0.389 e. The van der Waals surface area contributed by atoms with E-state index in [4.69, 9.17) is 22.1 Å². The summed E-state index contributed by atoms with van der Waals surface area (Å²) in [7, 11) is 0. The third kappa shape index (κ3) is 4.83. The van der Waals surface area contributed by atoms with Crippen molar-refractivity contribution in [3.05, 3.63) is 28.8 Å². The van der Waals surface area contributed by atoms with Gasteiger partial charge in [-0.1, -0.05) is 23.7 Å². The van der Waals surface area contributed by atoms with Gasteiger partial charge in [-0.25, -0.2) is 0 Å². The Balaban J connectivity index is 2.52. The van der Waals surface area contributed by atoms with E-state index in [2.05, 4.69) is 0 Å². The van der Waals surface area contributed by atoms with Gasteiger partial charge in [-0.15, -0.1) is 0 Å². The highest BCUT2D eigenvalue weighted by Gasteiger charge is 2.26. The summed E-state index contributed by atoms with van der Waals surface area (Å²) in [5.74, 6) is 0.374. The number of alkyl halides is 3. The molecular weight excluding hydrogens is 255 g/mol. The summed E-state index contributed by atoms with van der Waals surface area (Å²) >= 11 is 5.87. The highest BCUT2D eigenvalue weighted by molar-refractivity contribution is 6.32. The molecule has 0 saturated carbocycles. The molecule has 0 aliphatic heterocycles. The summed E-state index contributed by atoms with van der Waals surface area (Å²) < 4.78 is 41.0. The molecule has 0 unspecified atom stereocenters. The molecule has 0 aromatic heterocycles. The second-order valence-electron chi connectivity index (χ2n) is 3.50. The zero-order valence-corrected chi connectivity index (χ0v) is 9.81. The summed E-state index contributed by atoms with van der Waals surface area (Å²) in [4.78, 5) is 0. The number of hydrogen-bond donors (Lipinski definition) is 1. The van der Waals surface area contributed by atoms with Crippen LogP contribution in [0.25, 0.3) is 0 Å². The zero-order chi connectivity index (χ0) is 12.9. The van der Waals surface area contributed by atoms with Crippen molar-refractivity contribution in [2.75, 3.05) is 6.61 Å². The van der Waals surface area contributed by atoms with Gasteiger partial charge in [0.2, 0.25) is 0 Å². The van der Waals surface area contributed by atoms with Gasteiger partial charge >= 0.3 is 6.18 Å². The number of halogens is 4. The molecule has 2 nitrogen and oxygen atoms in total. The molecule has 0 radical (unpaired) electrons. The van der Waals surface area contributed by atoms with Crippen molar-refractivity contribution in [2.45, 2.75) is 25.6 Å². The standard InChI is InChI=1S/C11H13ClF3NO/c12-9-4-1-3-8(7-16)10(9)17-6-2-5-11(13,14)15/h1,3-4H,2,5-7,16H2. The van der Waals surface area contributed by atoms with Gasteiger partial charge in [-0.3, -0.25) is 0 Å². The third-order valence-electron chi connectivity index (χ3n) is 2.12. The number of ether oxygens (including phenoxy) is 1. The highest BCUT2D eigenvalue weighted by Crippen LogP contribution is 2.29. The minimum absolute atomic E-state index is 0.0315. The molecule has 0 saturated heterocycles. The van der Waals surface area contributed by atoms with E-state index in [1.165, 1.54) is 0 Å². The van der Waals surface area contributed by atoms with Crippen LogP contribution in [-0.2, 0) is 6.54 Å². The van der Waals surface area contributed by atoms with E-state index in [1.54, 1.807) is 18.2 Å². The first kappa shape index (κ1) is 14.1. The van der Waals surface area contributed by atoms with Crippen LogP contribution in [0.2, 0.25) is 5.02 Å². The van der Waals surface area contributed by atoms with Crippen molar-refractivity contribution in [3.8, 4) is 5.75 Å². The topological polar surface area (TPSA) is 35.2 Å². The van der Waals surface area contributed by atoms with Crippen LogP contribution in [0.5, 0.6) is 5.75 Å². The van der Waals surface area contributed by atoms with Crippen LogP contribution in [0.3, 0.4) is 0 Å². The molecule has 0 atom stereocenters. The fourth-order valence-corrected chi connectivity index (χ4v) is 1.57. The van der Waals surface area contributed by atoms with E-state index in [9.17, 15) is 13.2 Å². The molecule has 0 heterocycles. The molecule has 0 aliphatic carbocycles. The van der Waals surface area contributed by atoms with Crippen LogP contribution in [0.15, 0.2) is 18.2 Å². The van der Waals surface area contributed by atoms with Gasteiger partial charge in [-0.2, -0.15) is 13.2 Å². The fraction of sp³-hybridized carbons (Fsp3) is 0.455. The van der Waals surface area contributed by atoms with Crippen molar-refractivity contribution < 1.29 is 17.9 Å². The summed E-state index contributed by atoms with van der Waals surface area (Å²) in [5.41, 5.74) is 6.16. The molecular formula is C11H13ClF3NO. The molecule has 0 spiro atoms. The Hall–Kier alpha value is -0.940. The Labute approximate surface area is 103 Å². The molecule has 0 amide bonds. The largest absolute Gasteiger partial charge is 0.492 e. The van der Waals surface area contributed by atoms with Crippen LogP contribution in [0, 0.1) is 0 Å². The van der Waals surface area contributed by atoms with Crippen LogP contribution < -0.4 is 10.5 Å². The lowest BCUT2D eigenvalue weighted by Crippen LogP contribution is -2.10. The molecule has 0 aliphatic rings. The second-order valence-corrected chi connectivity index (χ2v) is 3.91. The molecule has 0 bridgehead atoms. The smallest absolute Gasteiger partial charge is 0.389 e. The summed E-state index contributed by atoms with van der Waals surface area (Å²) in [6.45, 7) is 0.200. The first-order chi connectivity index (χ1) is 7.94. The van der Waals surface area contributed by atoms with Gasteiger partial charge < -0.3 is 10.5 Å². The number of nitrogens with two attached hydrogens (primary N) is 1.